The maximum absolute atomic E-state index is 11.9. The second-order valence-corrected chi connectivity index (χ2v) is 4.91. The molecule has 1 saturated heterocycles. The fourth-order valence-electron chi connectivity index (χ4n) is 2.15. The Morgan fingerprint density at radius 3 is 3.05 bits per heavy atom. The van der Waals surface area contributed by atoms with Crippen molar-refractivity contribution in [3.63, 3.8) is 0 Å². The summed E-state index contributed by atoms with van der Waals surface area (Å²) in [5, 5.41) is 5.90. The van der Waals surface area contributed by atoms with Crippen LogP contribution in [0.25, 0.3) is 0 Å². The van der Waals surface area contributed by atoms with Crippen LogP contribution in [-0.4, -0.2) is 54.7 Å². The van der Waals surface area contributed by atoms with Crippen LogP contribution in [-0.2, 0) is 4.79 Å². The molecule has 2 N–H and O–H groups in total. The van der Waals surface area contributed by atoms with Crippen molar-refractivity contribution in [1.29, 1.82) is 0 Å². The summed E-state index contributed by atoms with van der Waals surface area (Å²) in [7, 11) is 1.64. The summed E-state index contributed by atoms with van der Waals surface area (Å²) in [5.41, 5.74) is 0. The van der Waals surface area contributed by atoms with Crippen molar-refractivity contribution in [2.45, 2.75) is 26.0 Å². The molecule has 0 radical (unpaired) electrons. The van der Waals surface area contributed by atoms with Crippen LogP contribution in [0.1, 0.15) is 13.8 Å². The van der Waals surface area contributed by atoms with Crippen LogP contribution in [0.2, 0.25) is 0 Å². The van der Waals surface area contributed by atoms with Gasteiger partial charge in [-0.05, 0) is 13.8 Å². The van der Waals surface area contributed by atoms with Gasteiger partial charge in [-0.3, -0.25) is 9.78 Å². The van der Waals surface area contributed by atoms with Gasteiger partial charge in [-0.1, -0.05) is 0 Å². The Morgan fingerprint density at radius 2 is 2.35 bits per heavy atom. The lowest BCUT2D eigenvalue weighted by Gasteiger charge is -2.35. The average molecular weight is 279 g/mol. The first-order valence-electron chi connectivity index (χ1n) is 6.79. The van der Waals surface area contributed by atoms with Crippen LogP contribution >= 0.6 is 0 Å². The maximum Gasteiger partial charge on any atom is 0.243 e. The third-order valence-electron chi connectivity index (χ3n) is 3.04. The highest BCUT2D eigenvalue weighted by Crippen LogP contribution is 2.18. The Labute approximate surface area is 118 Å². The Morgan fingerprint density at radius 1 is 1.55 bits per heavy atom. The number of hydrogen-bond acceptors (Lipinski definition) is 6. The van der Waals surface area contributed by atoms with E-state index in [1.54, 1.807) is 19.4 Å². The number of rotatable bonds is 4. The Kier molecular flexibility index (Phi) is 4.73. The van der Waals surface area contributed by atoms with Gasteiger partial charge in [-0.2, -0.15) is 4.98 Å². The second kappa shape index (κ2) is 6.51. The molecule has 1 amide bonds. The van der Waals surface area contributed by atoms with E-state index in [2.05, 4.69) is 20.6 Å². The van der Waals surface area contributed by atoms with Crippen molar-refractivity contribution >= 4 is 11.7 Å². The lowest BCUT2D eigenvalue weighted by molar-refractivity contribution is -0.122. The van der Waals surface area contributed by atoms with Gasteiger partial charge in [0.05, 0.1) is 18.5 Å². The molecule has 1 atom stereocenters. The summed E-state index contributed by atoms with van der Waals surface area (Å²) in [6, 6.07) is -0.280. The number of likely N-dealkylation sites (N-methyl/N-ethyl adjacent to an activating group) is 1. The minimum absolute atomic E-state index is 0.0332. The minimum Gasteiger partial charge on any atom is -0.474 e. The lowest BCUT2D eigenvalue weighted by Crippen LogP contribution is -2.58. The largest absolute Gasteiger partial charge is 0.474 e. The number of carbonyl (C=O) groups excluding carboxylic acids is 1. The van der Waals surface area contributed by atoms with Crippen molar-refractivity contribution in [3.8, 4) is 5.88 Å². The first-order valence-corrected chi connectivity index (χ1v) is 6.79. The van der Waals surface area contributed by atoms with Gasteiger partial charge in [0.15, 0.2) is 5.82 Å². The van der Waals surface area contributed by atoms with Crippen molar-refractivity contribution in [2.75, 3.05) is 31.6 Å². The predicted molar refractivity (Wildman–Crippen MR) is 75.9 cm³/mol. The second-order valence-electron chi connectivity index (χ2n) is 4.91. The maximum atomic E-state index is 11.9. The predicted octanol–water partition coefficient (Wildman–Crippen LogP) is -0.212. The minimum atomic E-state index is -0.280. The molecule has 110 valence electrons. The molecule has 1 fully saturated rings. The monoisotopic (exact) mass is 279 g/mol. The molecular formula is C13H21N5O2. The lowest BCUT2D eigenvalue weighted by atomic mass is 10.2. The Hall–Kier alpha value is -1.89. The molecule has 0 aromatic carbocycles. The number of amides is 1. The first-order chi connectivity index (χ1) is 9.61. The van der Waals surface area contributed by atoms with Crippen molar-refractivity contribution < 1.29 is 9.53 Å². The molecule has 7 nitrogen and oxygen atoms in total. The van der Waals surface area contributed by atoms with E-state index in [0.717, 1.165) is 6.54 Å². The molecule has 0 aliphatic carbocycles. The molecule has 1 aliphatic rings. The van der Waals surface area contributed by atoms with Crippen LogP contribution in [0.15, 0.2) is 12.4 Å². The van der Waals surface area contributed by atoms with E-state index in [4.69, 9.17) is 4.74 Å². The number of ether oxygens (including phenoxy) is 1. The van der Waals surface area contributed by atoms with E-state index in [9.17, 15) is 4.79 Å². The zero-order valence-electron chi connectivity index (χ0n) is 12.1. The SMILES string of the molecule is CNC(=O)C1CNCCN1c1cncc(OC(C)C)n1. The zero-order chi connectivity index (χ0) is 14.5. The first kappa shape index (κ1) is 14.5. The fourth-order valence-corrected chi connectivity index (χ4v) is 2.15. The molecule has 1 aromatic heterocycles. The average Bonchev–Trinajstić information content (AvgIpc) is 2.46. The van der Waals surface area contributed by atoms with Gasteiger partial charge in [0, 0.05) is 26.7 Å². The van der Waals surface area contributed by atoms with Crippen LogP contribution in [0.5, 0.6) is 5.88 Å². The highest BCUT2D eigenvalue weighted by Gasteiger charge is 2.29. The topological polar surface area (TPSA) is 79.4 Å². The molecule has 0 bridgehead atoms. The third kappa shape index (κ3) is 3.36. The van der Waals surface area contributed by atoms with Crippen LogP contribution in [0, 0.1) is 0 Å². The molecule has 1 unspecified atom stereocenters. The van der Waals surface area contributed by atoms with Gasteiger partial charge < -0.3 is 20.3 Å². The summed E-state index contributed by atoms with van der Waals surface area (Å²) in [5.74, 6) is 1.11. The van der Waals surface area contributed by atoms with Gasteiger partial charge in [-0.25, -0.2) is 0 Å². The van der Waals surface area contributed by atoms with Gasteiger partial charge >= 0.3 is 0 Å². The number of hydrogen-bond donors (Lipinski definition) is 2. The van der Waals surface area contributed by atoms with Crippen LogP contribution < -0.4 is 20.3 Å². The molecule has 0 spiro atoms. The van der Waals surface area contributed by atoms with Gasteiger partial charge in [0.2, 0.25) is 11.8 Å². The molecule has 20 heavy (non-hydrogen) atoms. The van der Waals surface area contributed by atoms with Crippen molar-refractivity contribution in [1.82, 2.24) is 20.6 Å². The van der Waals surface area contributed by atoms with Crippen LogP contribution in [0.4, 0.5) is 5.82 Å². The van der Waals surface area contributed by atoms with E-state index in [-0.39, 0.29) is 18.1 Å². The smallest absolute Gasteiger partial charge is 0.243 e. The van der Waals surface area contributed by atoms with E-state index in [1.165, 1.54) is 0 Å². The number of nitrogens with one attached hydrogen (secondary N) is 2. The molecule has 1 aliphatic heterocycles. The molecule has 2 rings (SSSR count). The molecule has 0 saturated carbocycles. The Bertz CT molecular complexity index is 466. The molecular weight excluding hydrogens is 258 g/mol. The number of nitrogens with zero attached hydrogens (tertiary/aromatic N) is 3. The summed E-state index contributed by atoms with van der Waals surface area (Å²) >= 11 is 0. The van der Waals surface area contributed by atoms with Gasteiger partial charge in [-0.15, -0.1) is 0 Å². The van der Waals surface area contributed by atoms with E-state index >= 15 is 0 Å². The molecule has 7 heteroatoms. The van der Waals surface area contributed by atoms with Crippen molar-refractivity contribution in [3.05, 3.63) is 12.4 Å². The van der Waals surface area contributed by atoms with E-state index in [1.807, 2.05) is 18.7 Å². The Balaban J connectivity index is 2.21. The molecule has 1 aromatic rings. The van der Waals surface area contributed by atoms with E-state index < -0.39 is 0 Å². The summed E-state index contributed by atoms with van der Waals surface area (Å²) in [6.45, 7) is 5.98. The zero-order valence-corrected chi connectivity index (χ0v) is 12.1. The van der Waals surface area contributed by atoms with Crippen molar-refractivity contribution in [2.24, 2.45) is 0 Å². The normalized spacial score (nSPS) is 19.0. The standard InChI is InChI=1S/C13H21N5O2/c1-9(2)20-12-8-16-7-11(17-12)18-5-4-15-6-10(18)13(19)14-3/h7-10,15H,4-6H2,1-3H3,(H,14,19). The fraction of sp³-hybridized carbons (Fsp3) is 0.615. The number of anilines is 1. The van der Waals surface area contributed by atoms with E-state index in [0.29, 0.717) is 24.8 Å². The highest BCUT2D eigenvalue weighted by atomic mass is 16.5. The number of carbonyl (C=O) groups is 1. The summed E-state index contributed by atoms with van der Waals surface area (Å²) in [4.78, 5) is 22.5. The van der Waals surface area contributed by atoms with Gasteiger partial charge in [0.25, 0.3) is 0 Å². The highest BCUT2D eigenvalue weighted by molar-refractivity contribution is 5.85. The molecule has 2 heterocycles. The quantitative estimate of drug-likeness (QED) is 0.794. The van der Waals surface area contributed by atoms with Crippen LogP contribution in [0.3, 0.4) is 0 Å². The summed E-state index contributed by atoms with van der Waals surface area (Å²) < 4.78 is 5.55. The van der Waals surface area contributed by atoms with Gasteiger partial charge in [0.1, 0.15) is 6.04 Å². The summed E-state index contributed by atoms with van der Waals surface area (Å²) in [6.07, 6.45) is 3.28. The number of piperazine rings is 1. The third-order valence-corrected chi connectivity index (χ3v) is 3.04. The number of aromatic nitrogens is 2.